The van der Waals surface area contributed by atoms with E-state index in [-0.39, 0.29) is 5.54 Å². The predicted octanol–water partition coefficient (Wildman–Crippen LogP) is 1.44. The highest BCUT2D eigenvalue weighted by Crippen LogP contribution is 2.35. The molecule has 2 aliphatic carbocycles. The van der Waals surface area contributed by atoms with Crippen molar-refractivity contribution in [1.29, 1.82) is 0 Å². The van der Waals surface area contributed by atoms with Crippen molar-refractivity contribution >= 4 is 0 Å². The Balaban J connectivity index is 1.61. The van der Waals surface area contributed by atoms with Crippen LogP contribution < -0.4 is 5.32 Å². The van der Waals surface area contributed by atoms with Crippen molar-refractivity contribution in [3.8, 4) is 0 Å². The first-order chi connectivity index (χ1) is 10.1. The molecule has 0 spiro atoms. The van der Waals surface area contributed by atoms with Gasteiger partial charge in [0.2, 0.25) is 0 Å². The number of hydrogen-bond acceptors (Lipinski definition) is 4. The first kappa shape index (κ1) is 15.7. The Bertz CT molecular complexity index is 345. The Kier molecular flexibility index (Phi) is 4.89. The van der Waals surface area contributed by atoms with E-state index < -0.39 is 0 Å². The SMILES string of the molecule is CN(C)C1CCCN(C2CCCC(CO)(NC3CC3)C2)C1. The highest BCUT2D eigenvalue weighted by Gasteiger charge is 2.41. The zero-order chi connectivity index (χ0) is 14.9. The van der Waals surface area contributed by atoms with E-state index in [1.165, 1.54) is 51.6 Å². The minimum Gasteiger partial charge on any atom is -0.394 e. The number of nitrogens with one attached hydrogen (secondary N) is 1. The minimum absolute atomic E-state index is 0.00907. The van der Waals surface area contributed by atoms with Crippen LogP contribution >= 0.6 is 0 Å². The molecule has 1 aliphatic heterocycles. The number of likely N-dealkylation sites (N-methyl/N-ethyl adjacent to an activating group) is 1. The van der Waals surface area contributed by atoms with Crippen LogP contribution in [0.3, 0.4) is 0 Å². The van der Waals surface area contributed by atoms with Crippen LogP contribution in [0.1, 0.15) is 51.4 Å². The largest absolute Gasteiger partial charge is 0.394 e. The monoisotopic (exact) mass is 295 g/mol. The molecule has 1 heterocycles. The summed E-state index contributed by atoms with van der Waals surface area (Å²) in [7, 11) is 4.42. The van der Waals surface area contributed by atoms with Gasteiger partial charge in [-0.15, -0.1) is 0 Å². The van der Waals surface area contributed by atoms with Crippen LogP contribution in [0.5, 0.6) is 0 Å². The van der Waals surface area contributed by atoms with Gasteiger partial charge in [0.05, 0.1) is 6.61 Å². The zero-order valence-electron chi connectivity index (χ0n) is 13.9. The van der Waals surface area contributed by atoms with Crippen LogP contribution in [0, 0.1) is 0 Å². The number of hydrogen-bond donors (Lipinski definition) is 2. The van der Waals surface area contributed by atoms with Gasteiger partial charge in [-0.25, -0.2) is 0 Å². The van der Waals surface area contributed by atoms with Crippen molar-refractivity contribution in [2.24, 2.45) is 0 Å². The summed E-state index contributed by atoms with van der Waals surface area (Å²) in [6.07, 6.45) is 10.1. The zero-order valence-corrected chi connectivity index (χ0v) is 13.9. The normalized spacial score (nSPS) is 38.9. The standard InChI is InChI=1S/C17H33N3O/c1-19(2)16-6-4-10-20(12-16)15-5-3-9-17(11-15,13-21)18-14-7-8-14/h14-16,18,21H,3-13H2,1-2H3. The van der Waals surface area contributed by atoms with Crippen LogP contribution in [0.25, 0.3) is 0 Å². The van der Waals surface area contributed by atoms with E-state index in [1.54, 1.807) is 0 Å². The molecular weight excluding hydrogens is 262 g/mol. The Labute approximate surface area is 129 Å². The molecule has 21 heavy (non-hydrogen) atoms. The minimum atomic E-state index is 0.00907. The average Bonchev–Trinajstić information content (AvgIpc) is 3.31. The molecule has 4 heteroatoms. The molecule has 0 aromatic carbocycles. The summed E-state index contributed by atoms with van der Waals surface area (Å²) in [5.41, 5.74) is 0.00907. The number of piperidine rings is 1. The van der Waals surface area contributed by atoms with Crippen LogP contribution in [0.4, 0.5) is 0 Å². The smallest absolute Gasteiger partial charge is 0.0613 e. The Morgan fingerprint density at radius 1 is 1.19 bits per heavy atom. The second kappa shape index (κ2) is 6.53. The summed E-state index contributed by atoms with van der Waals surface area (Å²) in [6.45, 7) is 2.77. The van der Waals surface area contributed by atoms with Gasteiger partial charge in [-0.1, -0.05) is 0 Å². The van der Waals surface area contributed by atoms with Crippen LogP contribution in [0.2, 0.25) is 0 Å². The average molecular weight is 295 g/mol. The topological polar surface area (TPSA) is 38.7 Å². The number of nitrogens with zero attached hydrogens (tertiary/aromatic N) is 2. The first-order valence-corrected chi connectivity index (χ1v) is 8.91. The van der Waals surface area contributed by atoms with Crippen LogP contribution in [-0.4, -0.2) is 72.4 Å². The molecule has 3 rings (SSSR count). The summed E-state index contributed by atoms with van der Waals surface area (Å²) in [6, 6.07) is 2.06. The Morgan fingerprint density at radius 2 is 2.00 bits per heavy atom. The molecule has 3 atom stereocenters. The quantitative estimate of drug-likeness (QED) is 0.805. The van der Waals surface area contributed by atoms with Gasteiger partial charge >= 0.3 is 0 Å². The number of rotatable bonds is 5. The van der Waals surface area contributed by atoms with Gasteiger partial charge < -0.3 is 15.3 Å². The third-order valence-electron chi connectivity index (χ3n) is 5.88. The van der Waals surface area contributed by atoms with Crippen molar-refractivity contribution in [2.45, 2.75) is 75.0 Å². The van der Waals surface area contributed by atoms with E-state index in [1.807, 2.05) is 0 Å². The van der Waals surface area contributed by atoms with Crippen molar-refractivity contribution < 1.29 is 5.11 Å². The van der Waals surface area contributed by atoms with Gasteiger partial charge in [0.25, 0.3) is 0 Å². The van der Waals surface area contributed by atoms with E-state index in [0.29, 0.717) is 24.7 Å². The molecule has 0 amide bonds. The lowest BCUT2D eigenvalue weighted by molar-refractivity contribution is 0.0309. The second-order valence-corrected chi connectivity index (χ2v) is 7.86. The van der Waals surface area contributed by atoms with Crippen molar-refractivity contribution in [3.63, 3.8) is 0 Å². The summed E-state index contributed by atoms with van der Waals surface area (Å²) in [4.78, 5) is 5.10. The molecule has 0 aromatic rings. The van der Waals surface area contributed by atoms with Gasteiger partial charge in [0.15, 0.2) is 0 Å². The fourth-order valence-corrected chi connectivity index (χ4v) is 4.36. The van der Waals surface area contributed by atoms with Gasteiger partial charge in [0.1, 0.15) is 0 Å². The molecule has 122 valence electrons. The molecule has 2 N–H and O–H groups in total. The highest BCUT2D eigenvalue weighted by molar-refractivity contribution is 5.01. The van der Waals surface area contributed by atoms with Crippen molar-refractivity contribution in [2.75, 3.05) is 33.8 Å². The maximum absolute atomic E-state index is 9.99. The second-order valence-electron chi connectivity index (χ2n) is 7.86. The van der Waals surface area contributed by atoms with E-state index in [0.717, 1.165) is 12.8 Å². The summed E-state index contributed by atoms with van der Waals surface area (Å²) >= 11 is 0. The third kappa shape index (κ3) is 3.79. The molecule has 4 nitrogen and oxygen atoms in total. The van der Waals surface area contributed by atoms with Crippen molar-refractivity contribution in [3.05, 3.63) is 0 Å². The van der Waals surface area contributed by atoms with E-state index in [9.17, 15) is 5.11 Å². The third-order valence-corrected chi connectivity index (χ3v) is 5.88. The number of likely N-dealkylation sites (tertiary alicyclic amines) is 1. The van der Waals surface area contributed by atoms with Gasteiger partial charge in [-0.3, -0.25) is 4.90 Å². The summed E-state index contributed by atoms with van der Waals surface area (Å²) in [5, 5.41) is 13.8. The molecule has 3 unspecified atom stereocenters. The van der Waals surface area contributed by atoms with Gasteiger partial charge in [0, 0.05) is 30.2 Å². The van der Waals surface area contributed by atoms with E-state index in [2.05, 4.69) is 29.2 Å². The number of aliphatic hydroxyl groups excluding tert-OH is 1. The molecule has 0 radical (unpaired) electrons. The molecule has 1 saturated heterocycles. The van der Waals surface area contributed by atoms with Gasteiger partial charge in [-0.2, -0.15) is 0 Å². The molecule has 2 saturated carbocycles. The maximum Gasteiger partial charge on any atom is 0.0613 e. The predicted molar refractivity (Wildman–Crippen MR) is 86.5 cm³/mol. The highest BCUT2D eigenvalue weighted by atomic mass is 16.3. The lowest BCUT2D eigenvalue weighted by Gasteiger charge is -2.47. The Morgan fingerprint density at radius 3 is 2.67 bits per heavy atom. The molecule has 3 fully saturated rings. The molecule has 0 bridgehead atoms. The van der Waals surface area contributed by atoms with E-state index in [4.69, 9.17) is 0 Å². The van der Waals surface area contributed by atoms with Crippen molar-refractivity contribution in [1.82, 2.24) is 15.1 Å². The maximum atomic E-state index is 9.99. The summed E-state index contributed by atoms with van der Waals surface area (Å²) < 4.78 is 0. The van der Waals surface area contributed by atoms with Crippen LogP contribution in [-0.2, 0) is 0 Å². The molecular formula is C17H33N3O. The lowest BCUT2D eigenvalue weighted by atomic mass is 9.78. The lowest BCUT2D eigenvalue weighted by Crippen LogP contribution is -2.58. The summed E-state index contributed by atoms with van der Waals surface area (Å²) in [5.74, 6) is 0. The number of aliphatic hydroxyl groups is 1. The molecule has 0 aromatic heterocycles. The fraction of sp³-hybridized carbons (Fsp3) is 1.00. The fourth-order valence-electron chi connectivity index (χ4n) is 4.36. The van der Waals surface area contributed by atoms with Crippen LogP contribution in [0.15, 0.2) is 0 Å². The van der Waals surface area contributed by atoms with Gasteiger partial charge in [-0.05, 0) is 72.0 Å². The Hall–Kier alpha value is -0.160. The molecule has 3 aliphatic rings. The first-order valence-electron chi connectivity index (χ1n) is 8.91. The van der Waals surface area contributed by atoms with E-state index >= 15 is 0 Å².